The lowest BCUT2D eigenvalue weighted by atomic mass is 10.0. The molecule has 0 atom stereocenters. The number of carbonyl (C=O) groups excluding carboxylic acids is 1. The van der Waals surface area contributed by atoms with Crippen molar-refractivity contribution in [1.82, 2.24) is 0 Å². The fourth-order valence-corrected chi connectivity index (χ4v) is 2.69. The summed E-state index contributed by atoms with van der Waals surface area (Å²) in [6.45, 7) is 3.23. The average molecular weight is 391 g/mol. The first kappa shape index (κ1) is 20.7. The molecule has 0 aliphatic carbocycles. The molecule has 3 rings (SSSR count). The van der Waals surface area contributed by atoms with E-state index in [4.69, 9.17) is 11.6 Å². The third-order valence-electron chi connectivity index (χ3n) is 3.91. The highest BCUT2D eigenvalue weighted by Crippen LogP contribution is 2.31. The fourth-order valence-electron chi connectivity index (χ4n) is 2.56. The number of ketones is 1. The van der Waals surface area contributed by atoms with Gasteiger partial charge < -0.3 is 0 Å². The van der Waals surface area contributed by atoms with Crippen LogP contribution in [0.2, 0.25) is 5.02 Å². The SMILES string of the molecule is CC(=O)c1ccccc1C(F)(F)F.Cc1ccccc1-c1ccc(Cl)cc1. The van der Waals surface area contributed by atoms with Crippen molar-refractivity contribution in [3.05, 3.63) is 94.5 Å². The van der Waals surface area contributed by atoms with E-state index in [1.165, 1.54) is 34.9 Å². The number of aryl methyl sites for hydroxylation is 1. The van der Waals surface area contributed by atoms with Crippen LogP contribution >= 0.6 is 11.6 Å². The zero-order valence-corrected chi connectivity index (χ0v) is 15.6. The molecule has 0 heterocycles. The molecule has 3 aromatic rings. The van der Waals surface area contributed by atoms with E-state index in [2.05, 4.69) is 31.2 Å². The Labute approximate surface area is 161 Å². The number of halogens is 4. The maximum absolute atomic E-state index is 12.3. The predicted molar refractivity (Wildman–Crippen MR) is 103 cm³/mol. The van der Waals surface area contributed by atoms with Crippen molar-refractivity contribution in [3.63, 3.8) is 0 Å². The third kappa shape index (κ3) is 5.69. The fraction of sp³-hybridized carbons (Fsp3) is 0.136. The van der Waals surface area contributed by atoms with Gasteiger partial charge in [-0.3, -0.25) is 4.79 Å². The van der Waals surface area contributed by atoms with Crippen LogP contribution < -0.4 is 0 Å². The summed E-state index contributed by atoms with van der Waals surface area (Å²) >= 11 is 5.84. The quantitative estimate of drug-likeness (QED) is 0.422. The Hall–Kier alpha value is -2.59. The van der Waals surface area contributed by atoms with Crippen molar-refractivity contribution in [1.29, 1.82) is 0 Å². The minimum absolute atomic E-state index is 0.282. The number of carbonyl (C=O) groups is 1. The Kier molecular flexibility index (Phi) is 6.81. The Bertz CT molecular complexity index is 915. The molecule has 0 aromatic heterocycles. The Morgan fingerprint density at radius 1 is 0.852 bits per heavy atom. The summed E-state index contributed by atoms with van der Waals surface area (Å²) in [5.74, 6) is -0.576. The van der Waals surface area contributed by atoms with E-state index in [-0.39, 0.29) is 5.56 Å². The van der Waals surface area contributed by atoms with Crippen molar-refractivity contribution >= 4 is 17.4 Å². The van der Waals surface area contributed by atoms with E-state index >= 15 is 0 Å². The molecule has 3 aromatic carbocycles. The average Bonchev–Trinajstić information content (AvgIpc) is 2.63. The van der Waals surface area contributed by atoms with Crippen molar-refractivity contribution in [2.45, 2.75) is 20.0 Å². The molecule has 0 fully saturated rings. The van der Waals surface area contributed by atoms with E-state index in [1.807, 2.05) is 24.3 Å². The predicted octanol–water partition coefficient (Wildman–Crippen LogP) is 7.22. The standard InChI is InChI=1S/C13H11Cl.C9H7F3O/c1-10-4-2-3-5-13(10)11-6-8-12(14)9-7-11;1-6(13)7-4-2-3-5-8(7)9(10,11)12/h2-9H,1H3;2-5H,1H3. The summed E-state index contributed by atoms with van der Waals surface area (Å²) in [5, 5.41) is 0.780. The molecule has 0 saturated heterocycles. The van der Waals surface area contributed by atoms with E-state index in [0.29, 0.717) is 0 Å². The van der Waals surface area contributed by atoms with Crippen molar-refractivity contribution in [2.75, 3.05) is 0 Å². The normalized spacial score (nSPS) is 10.7. The highest BCUT2D eigenvalue weighted by molar-refractivity contribution is 6.30. The zero-order chi connectivity index (χ0) is 20.0. The van der Waals surface area contributed by atoms with Crippen LogP contribution in [0.3, 0.4) is 0 Å². The molecule has 0 aliphatic heterocycles. The van der Waals surface area contributed by atoms with Gasteiger partial charge in [0.1, 0.15) is 0 Å². The van der Waals surface area contributed by atoms with Crippen molar-refractivity contribution in [3.8, 4) is 11.1 Å². The van der Waals surface area contributed by atoms with Gasteiger partial charge in [0.15, 0.2) is 5.78 Å². The second kappa shape index (κ2) is 8.87. The van der Waals surface area contributed by atoms with E-state index in [9.17, 15) is 18.0 Å². The summed E-state index contributed by atoms with van der Waals surface area (Å²) in [6, 6.07) is 21.0. The highest BCUT2D eigenvalue weighted by atomic mass is 35.5. The molecule has 0 saturated carbocycles. The Balaban J connectivity index is 0.000000194. The molecule has 0 spiro atoms. The summed E-state index contributed by atoms with van der Waals surface area (Å²) in [5.41, 5.74) is 2.61. The largest absolute Gasteiger partial charge is 0.417 e. The van der Waals surface area contributed by atoms with Gasteiger partial charge in [-0.25, -0.2) is 0 Å². The van der Waals surface area contributed by atoms with E-state index < -0.39 is 17.5 Å². The first-order valence-corrected chi connectivity index (χ1v) is 8.56. The minimum atomic E-state index is -4.46. The third-order valence-corrected chi connectivity index (χ3v) is 4.16. The van der Waals surface area contributed by atoms with Gasteiger partial charge in [-0.05, 0) is 48.7 Å². The summed E-state index contributed by atoms with van der Waals surface area (Å²) in [7, 11) is 0. The Morgan fingerprint density at radius 2 is 1.41 bits per heavy atom. The van der Waals surface area contributed by atoms with Gasteiger partial charge in [0.25, 0.3) is 0 Å². The lowest BCUT2D eigenvalue weighted by molar-refractivity contribution is -0.137. The van der Waals surface area contributed by atoms with Crippen LogP contribution in [0.25, 0.3) is 11.1 Å². The molecular weight excluding hydrogens is 373 g/mol. The summed E-state index contributed by atoms with van der Waals surface area (Å²) in [4.78, 5) is 10.8. The van der Waals surface area contributed by atoms with Crippen LogP contribution in [0.4, 0.5) is 13.2 Å². The van der Waals surface area contributed by atoms with Crippen LogP contribution in [-0.4, -0.2) is 5.78 Å². The molecule has 0 unspecified atom stereocenters. The summed E-state index contributed by atoms with van der Waals surface area (Å²) < 4.78 is 36.8. The molecule has 0 bridgehead atoms. The molecule has 27 heavy (non-hydrogen) atoms. The van der Waals surface area contributed by atoms with Gasteiger partial charge in [0, 0.05) is 10.6 Å². The lowest BCUT2D eigenvalue weighted by Crippen LogP contribution is -2.11. The number of hydrogen-bond donors (Lipinski definition) is 0. The maximum atomic E-state index is 12.3. The number of Topliss-reactive ketones (excluding diaryl/α,β-unsaturated/α-hetero) is 1. The van der Waals surface area contributed by atoms with Gasteiger partial charge in [-0.15, -0.1) is 0 Å². The highest BCUT2D eigenvalue weighted by Gasteiger charge is 2.33. The summed E-state index contributed by atoms with van der Waals surface area (Å²) in [6.07, 6.45) is -4.46. The second-order valence-corrected chi connectivity index (χ2v) is 6.36. The topological polar surface area (TPSA) is 17.1 Å². The van der Waals surface area contributed by atoms with Crippen molar-refractivity contribution in [2.24, 2.45) is 0 Å². The van der Waals surface area contributed by atoms with Gasteiger partial charge in [-0.2, -0.15) is 13.2 Å². The molecule has 0 radical (unpaired) electrons. The van der Waals surface area contributed by atoms with Crippen LogP contribution in [-0.2, 0) is 6.18 Å². The lowest BCUT2D eigenvalue weighted by Gasteiger charge is -2.09. The number of alkyl halides is 3. The van der Waals surface area contributed by atoms with Crippen LogP contribution in [0.15, 0.2) is 72.8 Å². The molecule has 0 N–H and O–H groups in total. The number of rotatable bonds is 2. The molecule has 0 amide bonds. The van der Waals surface area contributed by atoms with Gasteiger partial charge in [0.2, 0.25) is 0 Å². The smallest absolute Gasteiger partial charge is 0.294 e. The number of benzene rings is 3. The van der Waals surface area contributed by atoms with Crippen LogP contribution in [0.5, 0.6) is 0 Å². The molecular formula is C22H18ClF3O. The van der Waals surface area contributed by atoms with E-state index in [0.717, 1.165) is 18.0 Å². The number of hydrogen-bond acceptors (Lipinski definition) is 1. The maximum Gasteiger partial charge on any atom is 0.417 e. The molecule has 5 heteroatoms. The first-order valence-electron chi connectivity index (χ1n) is 8.19. The van der Waals surface area contributed by atoms with Crippen LogP contribution in [0.1, 0.15) is 28.4 Å². The van der Waals surface area contributed by atoms with Gasteiger partial charge in [-0.1, -0.05) is 66.2 Å². The van der Waals surface area contributed by atoms with Gasteiger partial charge in [0.05, 0.1) is 5.56 Å². The Morgan fingerprint density at radius 3 is 1.93 bits per heavy atom. The van der Waals surface area contributed by atoms with Gasteiger partial charge >= 0.3 is 6.18 Å². The first-order chi connectivity index (χ1) is 12.7. The van der Waals surface area contributed by atoms with Crippen molar-refractivity contribution < 1.29 is 18.0 Å². The molecule has 1 nitrogen and oxygen atoms in total. The molecule has 0 aliphatic rings. The zero-order valence-electron chi connectivity index (χ0n) is 14.8. The minimum Gasteiger partial charge on any atom is -0.294 e. The molecule has 140 valence electrons. The second-order valence-electron chi connectivity index (χ2n) is 5.92. The monoisotopic (exact) mass is 390 g/mol. The van der Waals surface area contributed by atoms with E-state index in [1.54, 1.807) is 0 Å². The van der Waals surface area contributed by atoms with Crippen LogP contribution in [0, 0.1) is 6.92 Å².